The number of carbonyl (C=O) groups is 1. The number of amides is 1. The van der Waals surface area contributed by atoms with Gasteiger partial charge in [0.1, 0.15) is 11.1 Å². The molecule has 1 atom stereocenters. The molecule has 1 heterocycles. The maximum atomic E-state index is 13.1. The number of hydrogen-bond acceptors (Lipinski definition) is 5. The summed E-state index contributed by atoms with van der Waals surface area (Å²) < 4.78 is 18.9. The van der Waals surface area contributed by atoms with Gasteiger partial charge in [0.05, 0.1) is 0 Å². The molecule has 0 unspecified atom stereocenters. The molecule has 1 aromatic heterocycles. The molecular formula is C22H15ClFN3O2S. The third-order valence-corrected chi connectivity index (χ3v) is 5.51. The van der Waals surface area contributed by atoms with Gasteiger partial charge >= 0.3 is 0 Å². The minimum atomic E-state index is -0.644. The van der Waals surface area contributed by atoms with Crippen LogP contribution in [0.3, 0.4) is 0 Å². The summed E-state index contributed by atoms with van der Waals surface area (Å²) in [4.78, 5) is 13.0. The highest BCUT2D eigenvalue weighted by Gasteiger charge is 2.25. The van der Waals surface area contributed by atoms with Crippen molar-refractivity contribution in [3.05, 3.63) is 95.3 Å². The predicted octanol–water partition coefficient (Wildman–Crippen LogP) is 6.00. The second-order valence-electron chi connectivity index (χ2n) is 6.28. The van der Waals surface area contributed by atoms with Crippen LogP contribution in [0.2, 0.25) is 5.02 Å². The zero-order chi connectivity index (χ0) is 20.9. The Bertz CT molecular complexity index is 1140. The molecule has 0 saturated carbocycles. The molecule has 0 spiro atoms. The molecule has 4 rings (SSSR count). The minimum Gasteiger partial charge on any atom is -0.411 e. The molecule has 0 saturated heterocycles. The van der Waals surface area contributed by atoms with Gasteiger partial charge in [0.2, 0.25) is 11.8 Å². The number of benzene rings is 3. The van der Waals surface area contributed by atoms with Crippen molar-refractivity contribution in [3.8, 4) is 11.5 Å². The predicted molar refractivity (Wildman–Crippen MR) is 115 cm³/mol. The van der Waals surface area contributed by atoms with Gasteiger partial charge in [0.25, 0.3) is 5.22 Å². The van der Waals surface area contributed by atoms with E-state index in [0.717, 1.165) is 22.9 Å². The van der Waals surface area contributed by atoms with Crippen LogP contribution < -0.4 is 5.32 Å². The second-order valence-corrected chi connectivity index (χ2v) is 7.78. The largest absolute Gasteiger partial charge is 0.411 e. The molecule has 4 aromatic rings. The molecule has 0 aliphatic carbocycles. The molecule has 8 heteroatoms. The van der Waals surface area contributed by atoms with E-state index >= 15 is 0 Å². The van der Waals surface area contributed by atoms with E-state index < -0.39 is 5.25 Å². The van der Waals surface area contributed by atoms with Gasteiger partial charge in [0, 0.05) is 16.3 Å². The van der Waals surface area contributed by atoms with Crippen molar-refractivity contribution in [1.82, 2.24) is 10.2 Å². The summed E-state index contributed by atoms with van der Waals surface area (Å²) >= 11 is 7.05. The Morgan fingerprint density at radius 2 is 1.67 bits per heavy atom. The Morgan fingerprint density at radius 1 is 0.967 bits per heavy atom. The molecule has 0 radical (unpaired) electrons. The van der Waals surface area contributed by atoms with Crippen molar-refractivity contribution in [2.24, 2.45) is 0 Å². The molecule has 0 fully saturated rings. The molecule has 0 aliphatic rings. The van der Waals surface area contributed by atoms with E-state index in [-0.39, 0.29) is 16.9 Å². The fraction of sp³-hybridized carbons (Fsp3) is 0.0455. The Hall–Kier alpha value is -3.16. The SMILES string of the molecule is O=C(Nc1ccc(F)cc1)[C@@H](Sc1nnc(-c2ccc(Cl)cc2)o1)c1ccccc1. The maximum Gasteiger partial charge on any atom is 0.277 e. The first-order chi connectivity index (χ1) is 14.6. The number of nitrogens with one attached hydrogen (secondary N) is 1. The number of rotatable bonds is 6. The van der Waals surface area contributed by atoms with Gasteiger partial charge in [-0.3, -0.25) is 4.79 Å². The van der Waals surface area contributed by atoms with Gasteiger partial charge in [-0.1, -0.05) is 41.9 Å². The van der Waals surface area contributed by atoms with Crippen molar-refractivity contribution in [2.75, 3.05) is 5.32 Å². The lowest BCUT2D eigenvalue weighted by molar-refractivity contribution is -0.115. The lowest BCUT2D eigenvalue weighted by Crippen LogP contribution is -2.19. The highest BCUT2D eigenvalue weighted by molar-refractivity contribution is 8.00. The summed E-state index contributed by atoms with van der Waals surface area (Å²) in [5.74, 6) is -0.327. The molecule has 5 nitrogen and oxygen atoms in total. The molecule has 3 aromatic carbocycles. The van der Waals surface area contributed by atoms with Crippen molar-refractivity contribution < 1.29 is 13.6 Å². The van der Waals surface area contributed by atoms with Gasteiger partial charge in [-0.15, -0.1) is 10.2 Å². The van der Waals surface area contributed by atoms with Gasteiger partial charge in [-0.25, -0.2) is 4.39 Å². The van der Waals surface area contributed by atoms with Crippen molar-refractivity contribution in [3.63, 3.8) is 0 Å². The van der Waals surface area contributed by atoms with Gasteiger partial charge in [0.15, 0.2) is 0 Å². The van der Waals surface area contributed by atoms with Gasteiger partial charge in [-0.2, -0.15) is 0 Å². The maximum absolute atomic E-state index is 13.1. The zero-order valence-corrected chi connectivity index (χ0v) is 17.0. The van der Waals surface area contributed by atoms with Crippen LogP contribution >= 0.6 is 23.4 Å². The Labute approximate surface area is 181 Å². The highest BCUT2D eigenvalue weighted by atomic mass is 35.5. The third kappa shape index (κ3) is 4.87. The molecule has 30 heavy (non-hydrogen) atoms. The first-order valence-corrected chi connectivity index (χ1v) is 10.2. The van der Waals surface area contributed by atoms with Crippen LogP contribution in [0.1, 0.15) is 10.8 Å². The van der Waals surface area contributed by atoms with E-state index in [4.69, 9.17) is 16.0 Å². The number of hydrogen-bond donors (Lipinski definition) is 1. The number of aromatic nitrogens is 2. The number of halogens is 2. The van der Waals surface area contributed by atoms with Crippen LogP contribution in [0.15, 0.2) is 88.5 Å². The quantitative estimate of drug-likeness (QED) is 0.373. The molecular weight excluding hydrogens is 425 g/mol. The van der Waals surface area contributed by atoms with E-state index in [9.17, 15) is 9.18 Å². The van der Waals surface area contributed by atoms with Crippen LogP contribution in [0.4, 0.5) is 10.1 Å². The number of carbonyl (C=O) groups excluding carboxylic acids is 1. The van der Waals surface area contributed by atoms with Crippen molar-refractivity contribution >= 4 is 35.0 Å². The minimum absolute atomic E-state index is 0.253. The summed E-state index contributed by atoms with van der Waals surface area (Å²) in [7, 11) is 0. The van der Waals surface area contributed by atoms with E-state index in [1.165, 1.54) is 24.3 Å². The standard InChI is InChI=1S/C22H15ClFN3O2S/c23-16-8-6-15(7-9-16)21-26-27-22(29-21)30-19(14-4-2-1-3-5-14)20(28)25-18-12-10-17(24)11-13-18/h1-13,19H,(H,25,28)/t19-/m0/s1. The monoisotopic (exact) mass is 439 g/mol. The smallest absolute Gasteiger partial charge is 0.277 e. The summed E-state index contributed by atoms with van der Waals surface area (Å²) in [5, 5.41) is 11.1. The van der Waals surface area contributed by atoms with Gasteiger partial charge in [-0.05, 0) is 65.9 Å². The zero-order valence-electron chi connectivity index (χ0n) is 15.5. The molecule has 1 amide bonds. The lowest BCUT2D eigenvalue weighted by atomic mass is 10.1. The fourth-order valence-corrected chi connectivity index (χ4v) is 3.71. The van der Waals surface area contributed by atoms with E-state index in [1.54, 1.807) is 24.3 Å². The Kier molecular flexibility index (Phi) is 6.11. The summed E-state index contributed by atoms with van der Waals surface area (Å²) in [5.41, 5.74) is 1.99. The Balaban J connectivity index is 1.57. The van der Waals surface area contributed by atoms with Crippen LogP contribution in [-0.2, 0) is 4.79 Å². The normalized spacial score (nSPS) is 11.8. The van der Waals surface area contributed by atoms with E-state index in [1.807, 2.05) is 30.3 Å². The molecule has 0 aliphatic heterocycles. The van der Waals surface area contributed by atoms with Crippen LogP contribution in [0, 0.1) is 5.82 Å². The second kappa shape index (κ2) is 9.11. The first kappa shape index (κ1) is 20.1. The summed E-state index contributed by atoms with van der Waals surface area (Å²) in [6.45, 7) is 0. The summed E-state index contributed by atoms with van der Waals surface area (Å²) in [6, 6.07) is 21.9. The van der Waals surface area contributed by atoms with Crippen LogP contribution in [0.5, 0.6) is 0 Å². The molecule has 1 N–H and O–H groups in total. The fourth-order valence-electron chi connectivity index (χ4n) is 2.71. The van der Waals surface area contributed by atoms with E-state index in [0.29, 0.717) is 16.6 Å². The van der Waals surface area contributed by atoms with Gasteiger partial charge < -0.3 is 9.73 Å². The van der Waals surface area contributed by atoms with Crippen molar-refractivity contribution in [1.29, 1.82) is 0 Å². The topological polar surface area (TPSA) is 68.0 Å². The molecule has 0 bridgehead atoms. The summed E-state index contributed by atoms with van der Waals surface area (Å²) in [6.07, 6.45) is 0. The Morgan fingerprint density at radius 3 is 2.37 bits per heavy atom. The average molecular weight is 440 g/mol. The third-order valence-electron chi connectivity index (χ3n) is 4.17. The first-order valence-electron chi connectivity index (χ1n) is 8.96. The number of thioether (sulfide) groups is 1. The highest BCUT2D eigenvalue weighted by Crippen LogP contribution is 2.36. The molecule has 150 valence electrons. The van der Waals surface area contributed by atoms with Crippen LogP contribution in [-0.4, -0.2) is 16.1 Å². The number of nitrogens with zero attached hydrogens (tertiary/aromatic N) is 2. The van der Waals surface area contributed by atoms with Crippen molar-refractivity contribution in [2.45, 2.75) is 10.5 Å². The van der Waals surface area contributed by atoms with E-state index in [2.05, 4.69) is 15.5 Å². The lowest BCUT2D eigenvalue weighted by Gasteiger charge is -2.15. The average Bonchev–Trinajstić information content (AvgIpc) is 3.23. The van der Waals surface area contributed by atoms with Crippen LogP contribution in [0.25, 0.3) is 11.5 Å². The number of anilines is 1.